The largest absolute Gasteiger partial charge is 0.466 e. The van der Waals surface area contributed by atoms with Crippen molar-refractivity contribution in [2.24, 2.45) is 0 Å². The molecular formula is C17H22N2O7. The molecule has 1 N–H and O–H groups in total. The van der Waals surface area contributed by atoms with Gasteiger partial charge in [0.05, 0.1) is 30.6 Å². The van der Waals surface area contributed by atoms with Crippen LogP contribution in [-0.4, -0.2) is 47.9 Å². The molecule has 1 fully saturated rings. The van der Waals surface area contributed by atoms with Crippen LogP contribution in [0.4, 0.5) is 5.69 Å². The molecule has 1 aliphatic heterocycles. The van der Waals surface area contributed by atoms with Crippen LogP contribution in [0.3, 0.4) is 0 Å². The first kappa shape index (κ1) is 19.8. The van der Waals surface area contributed by atoms with Crippen LogP contribution in [0.15, 0.2) is 24.3 Å². The highest BCUT2D eigenvalue weighted by Crippen LogP contribution is 2.25. The highest BCUT2D eigenvalue weighted by Gasteiger charge is 2.39. The van der Waals surface area contributed by atoms with E-state index >= 15 is 0 Å². The molecule has 26 heavy (non-hydrogen) atoms. The molecule has 1 aromatic carbocycles. The van der Waals surface area contributed by atoms with Gasteiger partial charge in [0.1, 0.15) is 6.10 Å². The zero-order valence-electron chi connectivity index (χ0n) is 14.9. The van der Waals surface area contributed by atoms with Crippen LogP contribution in [0.5, 0.6) is 0 Å². The van der Waals surface area contributed by atoms with E-state index in [1.165, 1.54) is 24.3 Å². The average molecular weight is 366 g/mol. The Morgan fingerprint density at radius 3 is 2.54 bits per heavy atom. The molecule has 1 saturated heterocycles. The minimum Gasteiger partial charge on any atom is -0.466 e. The zero-order chi connectivity index (χ0) is 19.3. The topological polar surface area (TPSA) is 117 Å². The van der Waals surface area contributed by atoms with Crippen molar-refractivity contribution in [3.8, 4) is 0 Å². The lowest BCUT2D eigenvalue weighted by Gasteiger charge is -2.24. The number of esters is 1. The summed E-state index contributed by atoms with van der Waals surface area (Å²) < 4.78 is 16.2. The summed E-state index contributed by atoms with van der Waals surface area (Å²) >= 11 is 0. The number of rotatable bonds is 7. The second kappa shape index (κ2) is 8.24. The molecule has 0 bridgehead atoms. The number of nitro benzene ring substituents is 1. The molecule has 1 heterocycles. The Bertz CT molecular complexity index is 672. The van der Waals surface area contributed by atoms with Crippen LogP contribution < -0.4 is 5.32 Å². The van der Waals surface area contributed by atoms with Gasteiger partial charge in [-0.25, -0.2) is 0 Å². The molecule has 142 valence electrons. The normalized spacial score (nSPS) is 19.6. The first-order chi connectivity index (χ1) is 12.2. The van der Waals surface area contributed by atoms with E-state index in [9.17, 15) is 19.7 Å². The highest BCUT2D eigenvalue weighted by atomic mass is 16.7. The quantitative estimate of drug-likeness (QED) is 0.444. The zero-order valence-corrected chi connectivity index (χ0v) is 14.9. The van der Waals surface area contributed by atoms with Crippen LogP contribution in [0.2, 0.25) is 0 Å². The Kier molecular flexibility index (Phi) is 6.27. The van der Waals surface area contributed by atoms with Gasteiger partial charge in [0, 0.05) is 17.7 Å². The number of hydrogen-bond donors (Lipinski definition) is 1. The number of carbonyl (C=O) groups excluding carboxylic acids is 2. The number of nitro groups is 1. The molecule has 0 radical (unpaired) electrons. The summed E-state index contributed by atoms with van der Waals surface area (Å²) in [6.45, 7) is 5.63. The summed E-state index contributed by atoms with van der Waals surface area (Å²) in [5.41, 5.74) is 0.126. The van der Waals surface area contributed by atoms with Crippen molar-refractivity contribution < 1.29 is 28.7 Å². The fourth-order valence-corrected chi connectivity index (χ4v) is 2.57. The Labute approximate surface area is 150 Å². The van der Waals surface area contributed by atoms with Crippen molar-refractivity contribution >= 4 is 17.6 Å². The number of nitrogens with zero attached hydrogens (tertiary/aromatic N) is 1. The fourth-order valence-electron chi connectivity index (χ4n) is 2.57. The molecule has 0 unspecified atom stereocenters. The number of ether oxygens (including phenoxy) is 3. The second-order valence-electron chi connectivity index (χ2n) is 6.26. The molecule has 9 nitrogen and oxygen atoms in total. The van der Waals surface area contributed by atoms with Gasteiger partial charge in [0.15, 0.2) is 5.79 Å². The molecule has 0 aliphatic carbocycles. The minimum atomic E-state index is -0.810. The van der Waals surface area contributed by atoms with E-state index < -0.39 is 34.7 Å². The van der Waals surface area contributed by atoms with Gasteiger partial charge in [-0.1, -0.05) is 0 Å². The SMILES string of the molecule is CCOC(=O)C[C@H](NC(=O)c1ccc([N+](=O)[O-])cc1)[C@H]1COC(C)(C)O1. The summed E-state index contributed by atoms with van der Waals surface area (Å²) in [6.07, 6.45) is -0.590. The van der Waals surface area contributed by atoms with Gasteiger partial charge in [0.25, 0.3) is 11.6 Å². The smallest absolute Gasteiger partial charge is 0.307 e. The molecule has 0 saturated carbocycles. The van der Waals surface area contributed by atoms with Crippen molar-refractivity contribution in [2.75, 3.05) is 13.2 Å². The lowest BCUT2D eigenvalue weighted by atomic mass is 10.1. The van der Waals surface area contributed by atoms with E-state index in [2.05, 4.69) is 5.32 Å². The van der Waals surface area contributed by atoms with E-state index in [1.54, 1.807) is 20.8 Å². The molecule has 1 aromatic rings. The van der Waals surface area contributed by atoms with Gasteiger partial charge in [-0.15, -0.1) is 0 Å². The van der Waals surface area contributed by atoms with Crippen molar-refractivity contribution in [1.82, 2.24) is 5.32 Å². The van der Waals surface area contributed by atoms with Gasteiger partial charge in [-0.2, -0.15) is 0 Å². The predicted octanol–water partition coefficient (Wildman–Crippen LogP) is 1.80. The first-order valence-electron chi connectivity index (χ1n) is 8.24. The van der Waals surface area contributed by atoms with Crippen LogP contribution in [0.25, 0.3) is 0 Å². The van der Waals surface area contributed by atoms with Crippen LogP contribution in [0, 0.1) is 10.1 Å². The monoisotopic (exact) mass is 366 g/mol. The number of hydrogen-bond acceptors (Lipinski definition) is 7. The van der Waals surface area contributed by atoms with Crippen molar-refractivity contribution in [3.63, 3.8) is 0 Å². The Morgan fingerprint density at radius 1 is 1.38 bits per heavy atom. The van der Waals surface area contributed by atoms with E-state index in [-0.39, 0.29) is 30.9 Å². The van der Waals surface area contributed by atoms with Crippen LogP contribution in [0.1, 0.15) is 37.6 Å². The van der Waals surface area contributed by atoms with Gasteiger partial charge >= 0.3 is 5.97 Å². The second-order valence-corrected chi connectivity index (χ2v) is 6.26. The molecule has 2 atom stereocenters. The molecule has 2 rings (SSSR count). The van der Waals surface area contributed by atoms with Gasteiger partial charge in [0.2, 0.25) is 0 Å². The number of non-ortho nitro benzene ring substituents is 1. The maximum atomic E-state index is 12.5. The Morgan fingerprint density at radius 2 is 2.04 bits per heavy atom. The standard InChI is InChI=1S/C17H22N2O7/c1-4-24-15(20)9-13(14-10-25-17(2,3)26-14)18-16(21)11-5-7-12(8-6-11)19(22)23/h5-8,13-14H,4,9-10H2,1-3H3,(H,18,21)/t13-,14+/m0/s1. The maximum absolute atomic E-state index is 12.5. The van der Waals surface area contributed by atoms with E-state index in [0.29, 0.717) is 0 Å². The van der Waals surface area contributed by atoms with Crippen molar-refractivity contribution in [1.29, 1.82) is 0 Å². The fraction of sp³-hybridized carbons (Fsp3) is 0.529. The summed E-state index contributed by atoms with van der Waals surface area (Å²) in [6, 6.07) is 4.54. The lowest BCUT2D eigenvalue weighted by Crippen LogP contribution is -2.46. The van der Waals surface area contributed by atoms with Gasteiger partial charge < -0.3 is 19.5 Å². The first-order valence-corrected chi connectivity index (χ1v) is 8.24. The molecular weight excluding hydrogens is 344 g/mol. The Hall–Kier alpha value is -2.52. The highest BCUT2D eigenvalue weighted by molar-refractivity contribution is 5.94. The van der Waals surface area contributed by atoms with E-state index in [0.717, 1.165) is 0 Å². The number of benzene rings is 1. The van der Waals surface area contributed by atoms with E-state index in [1.807, 2.05) is 0 Å². The van der Waals surface area contributed by atoms with Crippen LogP contribution >= 0.6 is 0 Å². The summed E-state index contributed by atoms with van der Waals surface area (Å²) in [7, 11) is 0. The third-order valence-electron chi connectivity index (χ3n) is 3.83. The summed E-state index contributed by atoms with van der Waals surface area (Å²) in [5, 5.41) is 13.4. The number of carbonyl (C=O) groups is 2. The third kappa shape index (κ3) is 5.24. The van der Waals surface area contributed by atoms with Crippen LogP contribution in [-0.2, 0) is 19.0 Å². The average Bonchev–Trinajstić information content (AvgIpc) is 2.94. The number of nitrogens with one attached hydrogen (secondary N) is 1. The molecule has 1 amide bonds. The van der Waals surface area contributed by atoms with Crippen molar-refractivity contribution in [3.05, 3.63) is 39.9 Å². The summed E-state index contributed by atoms with van der Waals surface area (Å²) in [4.78, 5) is 34.5. The maximum Gasteiger partial charge on any atom is 0.307 e. The van der Waals surface area contributed by atoms with Gasteiger partial charge in [-0.3, -0.25) is 19.7 Å². The molecule has 9 heteroatoms. The predicted molar refractivity (Wildman–Crippen MR) is 90.5 cm³/mol. The molecule has 0 aromatic heterocycles. The minimum absolute atomic E-state index is 0.0727. The third-order valence-corrected chi connectivity index (χ3v) is 3.83. The molecule has 0 spiro atoms. The Balaban J connectivity index is 2.10. The number of amides is 1. The van der Waals surface area contributed by atoms with Crippen molar-refractivity contribution in [2.45, 2.75) is 45.1 Å². The molecule has 1 aliphatic rings. The summed E-state index contributed by atoms with van der Waals surface area (Å²) in [5.74, 6) is -1.74. The van der Waals surface area contributed by atoms with Gasteiger partial charge in [-0.05, 0) is 32.9 Å². The lowest BCUT2D eigenvalue weighted by molar-refractivity contribution is -0.384. The van der Waals surface area contributed by atoms with E-state index in [4.69, 9.17) is 14.2 Å².